The van der Waals surface area contributed by atoms with E-state index in [1.165, 1.54) is 5.56 Å². The highest BCUT2D eigenvalue weighted by Crippen LogP contribution is 2.41. The number of nitrogens with zero attached hydrogens (tertiary/aromatic N) is 3. The smallest absolute Gasteiger partial charge is 0.182 e. The molecule has 1 saturated heterocycles. The minimum Gasteiger partial charge on any atom is -0.507 e. The summed E-state index contributed by atoms with van der Waals surface area (Å²) in [6.45, 7) is 16.0. The summed E-state index contributed by atoms with van der Waals surface area (Å²) in [6, 6.07) is 14.0. The number of ketones is 1. The first-order valence-corrected chi connectivity index (χ1v) is 14.1. The van der Waals surface area contributed by atoms with Crippen LogP contribution in [-0.4, -0.2) is 44.3 Å². The fourth-order valence-electron chi connectivity index (χ4n) is 5.77. The first kappa shape index (κ1) is 28.6. The van der Waals surface area contributed by atoms with Crippen molar-refractivity contribution in [2.45, 2.75) is 84.6 Å². The van der Waals surface area contributed by atoms with Crippen molar-refractivity contribution in [1.29, 1.82) is 5.41 Å². The third kappa shape index (κ3) is 6.10. The fraction of sp³-hybridized carbons (Fsp3) is 0.485. The van der Waals surface area contributed by atoms with E-state index < -0.39 is 0 Å². The van der Waals surface area contributed by atoms with Crippen LogP contribution >= 0.6 is 0 Å². The Balaban J connectivity index is 1.62. The van der Waals surface area contributed by atoms with Gasteiger partial charge in [0.05, 0.1) is 18.8 Å². The van der Waals surface area contributed by atoms with Crippen LogP contribution in [0.1, 0.15) is 100.0 Å². The summed E-state index contributed by atoms with van der Waals surface area (Å²) in [6.07, 6.45) is 5.74. The summed E-state index contributed by atoms with van der Waals surface area (Å²) in [5.74, 6) is 0.887. The maximum Gasteiger partial charge on any atom is 0.182 e. The average molecular weight is 529 g/mol. The molecule has 0 radical (unpaired) electrons. The number of hydrogen-bond acceptors (Lipinski definition) is 4. The van der Waals surface area contributed by atoms with Crippen LogP contribution in [0.2, 0.25) is 0 Å². The number of carbonyl (C=O) groups is 1. The van der Waals surface area contributed by atoms with Crippen LogP contribution in [0.15, 0.2) is 55.0 Å². The van der Waals surface area contributed by atoms with E-state index in [9.17, 15) is 15.3 Å². The predicted octanol–water partition coefficient (Wildman–Crippen LogP) is 6.91. The van der Waals surface area contributed by atoms with Gasteiger partial charge in [0, 0.05) is 41.7 Å². The van der Waals surface area contributed by atoms with Crippen molar-refractivity contribution in [3.8, 4) is 5.75 Å². The average Bonchev–Trinajstić information content (AvgIpc) is 3.42. The highest BCUT2D eigenvalue weighted by Gasteiger charge is 2.40. The minimum absolute atomic E-state index is 0.0237. The van der Waals surface area contributed by atoms with Gasteiger partial charge in [0.1, 0.15) is 11.6 Å². The number of imidazole rings is 1. The normalized spacial score (nSPS) is 18.1. The third-order valence-corrected chi connectivity index (χ3v) is 7.86. The summed E-state index contributed by atoms with van der Waals surface area (Å²) in [4.78, 5) is 20.2. The molecule has 0 amide bonds. The van der Waals surface area contributed by atoms with E-state index >= 15 is 0 Å². The van der Waals surface area contributed by atoms with Gasteiger partial charge in [-0.25, -0.2) is 4.98 Å². The summed E-state index contributed by atoms with van der Waals surface area (Å²) < 4.78 is 2.15. The van der Waals surface area contributed by atoms with Crippen molar-refractivity contribution < 1.29 is 9.90 Å². The second-order valence-corrected chi connectivity index (χ2v) is 13.1. The molecule has 0 aliphatic carbocycles. The van der Waals surface area contributed by atoms with E-state index in [2.05, 4.69) is 70.1 Å². The highest BCUT2D eigenvalue weighted by molar-refractivity contribution is 6.01. The maximum absolute atomic E-state index is 13.7. The molecule has 39 heavy (non-hydrogen) atoms. The van der Waals surface area contributed by atoms with Crippen LogP contribution in [0.3, 0.4) is 0 Å². The number of carbonyl (C=O) groups excluding carboxylic acids is 1. The molecule has 2 N–H and O–H groups in total. The topological polar surface area (TPSA) is 82.2 Å². The standard InChI is InChI=1S/C33H44N4O2/c1-8-12-23-19-36(31(34)29(23)27-17-35-21-37(27)18-22-13-10-9-11-14-22)20-28(38)24-15-25(32(2,3)4)30(39)26(16-24)33(5,6)7/h9-11,13-17,21,23,29,34,39H,8,12,18-20H2,1-7H3. The molecule has 6 heteroatoms. The Labute approximate surface area is 233 Å². The number of phenolic OH excluding ortho intramolecular Hbond substituents is 1. The molecule has 2 aromatic carbocycles. The number of nitrogens with one attached hydrogen (secondary N) is 1. The van der Waals surface area contributed by atoms with Crippen LogP contribution in [0.5, 0.6) is 5.75 Å². The minimum atomic E-state index is -0.310. The van der Waals surface area contributed by atoms with Gasteiger partial charge in [-0.2, -0.15) is 0 Å². The quantitative estimate of drug-likeness (QED) is 0.311. The van der Waals surface area contributed by atoms with Gasteiger partial charge in [0.2, 0.25) is 0 Å². The third-order valence-electron chi connectivity index (χ3n) is 7.86. The van der Waals surface area contributed by atoms with Crippen molar-refractivity contribution in [3.05, 3.63) is 82.9 Å². The number of aromatic nitrogens is 2. The van der Waals surface area contributed by atoms with E-state index in [4.69, 9.17) is 0 Å². The van der Waals surface area contributed by atoms with Gasteiger partial charge in [-0.3, -0.25) is 10.2 Å². The van der Waals surface area contributed by atoms with Gasteiger partial charge >= 0.3 is 0 Å². The van der Waals surface area contributed by atoms with Crippen LogP contribution in [0.25, 0.3) is 0 Å². The zero-order valence-electron chi connectivity index (χ0n) is 24.6. The molecule has 1 aliphatic heterocycles. The molecule has 2 unspecified atom stereocenters. The molecule has 208 valence electrons. The van der Waals surface area contributed by atoms with Crippen molar-refractivity contribution in [2.24, 2.45) is 5.92 Å². The molecule has 1 aromatic heterocycles. The lowest BCUT2D eigenvalue weighted by molar-refractivity contribution is 0.0963. The first-order chi connectivity index (χ1) is 18.3. The van der Waals surface area contributed by atoms with Gasteiger partial charge in [-0.15, -0.1) is 0 Å². The summed E-state index contributed by atoms with van der Waals surface area (Å²) in [5, 5.41) is 20.3. The Kier molecular flexibility index (Phi) is 8.06. The van der Waals surface area contributed by atoms with Crippen LogP contribution in [0, 0.1) is 11.3 Å². The Hall–Kier alpha value is -3.41. The van der Waals surface area contributed by atoms with Crippen LogP contribution in [-0.2, 0) is 17.4 Å². The number of hydrogen-bond donors (Lipinski definition) is 2. The zero-order chi connectivity index (χ0) is 28.5. The molecule has 0 saturated carbocycles. The van der Waals surface area contributed by atoms with Crippen molar-refractivity contribution in [2.75, 3.05) is 13.1 Å². The largest absolute Gasteiger partial charge is 0.507 e. The van der Waals surface area contributed by atoms with Crippen molar-refractivity contribution >= 4 is 11.6 Å². The number of amidine groups is 1. The molecule has 6 nitrogen and oxygen atoms in total. The molecule has 1 aliphatic rings. The molecule has 0 bridgehead atoms. The molecular weight excluding hydrogens is 484 g/mol. The lowest BCUT2D eigenvalue weighted by Gasteiger charge is -2.28. The monoisotopic (exact) mass is 528 g/mol. The van der Waals surface area contributed by atoms with Crippen LogP contribution < -0.4 is 0 Å². The number of Topliss-reactive ketones (excluding diaryl/α,β-unsaturated/α-hetero) is 1. The summed E-state index contributed by atoms with van der Waals surface area (Å²) in [7, 11) is 0. The molecule has 4 rings (SSSR count). The maximum atomic E-state index is 13.7. The van der Waals surface area contributed by atoms with Gasteiger partial charge < -0.3 is 14.6 Å². The van der Waals surface area contributed by atoms with E-state index in [1.54, 1.807) is 0 Å². The Morgan fingerprint density at radius 1 is 1.05 bits per heavy atom. The molecule has 2 atom stereocenters. The van der Waals surface area contributed by atoms with E-state index in [-0.39, 0.29) is 40.7 Å². The fourth-order valence-corrected chi connectivity index (χ4v) is 5.77. The van der Waals surface area contributed by atoms with E-state index in [1.807, 2.05) is 47.8 Å². The Bertz CT molecular complexity index is 1290. The van der Waals surface area contributed by atoms with Gasteiger partial charge in [0.25, 0.3) is 0 Å². The molecule has 3 aromatic rings. The first-order valence-electron chi connectivity index (χ1n) is 14.1. The van der Waals surface area contributed by atoms with Crippen molar-refractivity contribution in [1.82, 2.24) is 14.5 Å². The summed E-state index contributed by atoms with van der Waals surface area (Å²) in [5.41, 5.74) is 3.76. The molecule has 0 spiro atoms. The van der Waals surface area contributed by atoms with E-state index in [0.717, 1.165) is 29.7 Å². The molecule has 1 fully saturated rings. The second kappa shape index (κ2) is 11.0. The number of likely N-dealkylation sites (tertiary alicyclic amines) is 1. The number of phenols is 1. The number of aromatic hydroxyl groups is 1. The van der Waals surface area contributed by atoms with Gasteiger partial charge in [-0.05, 0) is 40.9 Å². The summed E-state index contributed by atoms with van der Waals surface area (Å²) >= 11 is 0. The lowest BCUT2D eigenvalue weighted by Crippen LogP contribution is -2.32. The molecule has 2 heterocycles. The number of rotatable bonds is 8. The van der Waals surface area contributed by atoms with Crippen molar-refractivity contribution in [3.63, 3.8) is 0 Å². The zero-order valence-corrected chi connectivity index (χ0v) is 24.6. The number of benzene rings is 2. The van der Waals surface area contributed by atoms with Gasteiger partial charge in [0.15, 0.2) is 5.78 Å². The Morgan fingerprint density at radius 3 is 2.23 bits per heavy atom. The van der Waals surface area contributed by atoms with E-state index in [0.29, 0.717) is 24.5 Å². The molecular formula is C33H44N4O2. The van der Waals surface area contributed by atoms with Gasteiger partial charge in [-0.1, -0.05) is 85.2 Å². The Morgan fingerprint density at radius 2 is 1.67 bits per heavy atom. The SMILES string of the molecule is CCCC1CN(CC(=O)c2cc(C(C)(C)C)c(O)c(C(C)(C)C)c2)C(=N)C1c1cncn1Cc1ccccc1. The second-order valence-electron chi connectivity index (χ2n) is 13.1. The highest BCUT2D eigenvalue weighted by atomic mass is 16.3. The predicted molar refractivity (Wildman–Crippen MR) is 158 cm³/mol. The van der Waals surface area contributed by atoms with Crippen LogP contribution in [0.4, 0.5) is 0 Å². The lowest BCUT2D eigenvalue weighted by atomic mass is 9.78.